The first-order chi connectivity index (χ1) is 8.97. The summed E-state index contributed by atoms with van der Waals surface area (Å²) in [5, 5.41) is 13.9. The molecule has 0 amide bonds. The van der Waals surface area contributed by atoms with E-state index in [9.17, 15) is 23.3 Å². The number of aromatic nitrogens is 2. The van der Waals surface area contributed by atoms with Gasteiger partial charge in [0.1, 0.15) is 12.4 Å². The van der Waals surface area contributed by atoms with Gasteiger partial charge in [-0.1, -0.05) is 0 Å². The van der Waals surface area contributed by atoms with E-state index < -0.39 is 37.3 Å². The molecule has 0 bridgehead atoms. The third kappa shape index (κ3) is 3.57. The molecule has 0 saturated carbocycles. The summed E-state index contributed by atoms with van der Waals surface area (Å²) in [7, 11) is -2.46. The fourth-order valence-corrected chi connectivity index (χ4v) is 3.17. The van der Waals surface area contributed by atoms with Crippen molar-refractivity contribution < 1.29 is 22.5 Å². The second-order valence-corrected chi connectivity index (χ2v) is 9.90. The van der Waals surface area contributed by atoms with Crippen molar-refractivity contribution in [3.8, 4) is 0 Å². The van der Waals surface area contributed by atoms with Crippen molar-refractivity contribution in [2.75, 3.05) is 0 Å². The largest absolute Gasteiger partial charge is 0.403 e. The Balaban J connectivity index is 3.10. The summed E-state index contributed by atoms with van der Waals surface area (Å²) >= 11 is 0. The number of alkyl halides is 3. The number of hydrogen-bond donors (Lipinski definition) is 0. The van der Waals surface area contributed by atoms with Crippen molar-refractivity contribution in [1.29, 1.82) is 0 Å². The van der Waals surface area contributed by atoms with E-state index in [0.717, 1.165) is 19.3 Å². The van der Waals surface area contributed by atoms with E-state index in [1.807, 2.05) is 0 Å². The van der Waals surface area contributed by atoms with E-state index in [0.29, 0.717) is 4.68 Å². The number of hydrogen-bond acceptors (Lipinski definition) is 4. The molecule has 1 aromatic rings. The van der Waals surface area contributed by atoms with Crippen LogP contribution in [0.15, 0.2) is 12.4 Å². The molecular formula is C10H16F3N3O3Si. The van der Waals surface area contributed by atoms with Crippen LogP contribution in [0.4, 0.5) is 18.9 Å². The van der Waals surface area contributed by atoms with Gasteiger partial charge in [0.25, 0.3) is 6.43 Å². The van der Waals surface area contributed by atoms with Gasteiger partial charge < -0.3 is 4.43 Å². The van der Waals surface area contributed by atoms with Crippen LogP contribution in [0.3, 0.4) is 0 Å². The van der Waals surface area contributed by atoms with Gasteiger partial charge in [-0.05, 0) is 26.6 Å². The first-order valence-electron chi connectivity index (χ1n) is 5.78. The molecule has 10 heteroatoms. The molecule has 0 N–H and O–H groups in total. The quantitative estimate of drug-likeness (QED) is 0.460. The Kier molecular flexibility index (Phi) is 4.59. The van der Waals surface area contributed by atoms with Gasteiger partial charge in [0.05, 0.1) is 4.92 Å². The molecule has 0 saturated heterocycles. The van der Waals surface area contributed by atoms with Crippen LogP contribution < -0.4 is 0 Å². The fourth-order valence-electron chi connectivity index (χ4n) is 1.67. The third-order valence-electron chi connectivity index (χ3n) is 2.46. The van der Waals surface area contributed by atoms with E-state index in [-0.39, 0.29) is 0 Å². The third-order valence-corrected chi connectivity index (χ3v) is 3.52. The molecule has 1 aromatic heterocycles. The Morgan fingerprint density at radius 1 is 1.45 bits per heavy atom. The number of halogens is 3. The summed E-state index contributed by atoms with van der Waals surface area (Å²) in [6.45, 7) is 5.87. The van der Waals surface area contributed by atoms with Crippen LogP contribution in [0, 0.1) is 10.1 Å². The van der Waals surface area contributed by atoms with Crippen molar-refractivity contribution in [3.05, 3.63) is 22.5 Å². The maximum atomic E-state index is 14.3. The predicted octanol–water partition coefficient (Wildman–Crippen LogP) is 3.13. The number of nitrogens with zero attached hydrogens (tertiary/aromatic N) is 3. The van der Waals surface area contributed by atoms with Crippen molar-refractivity contribution in [1.82, 2.24) is 9.78 Å². The Morgan fingerprint density at radius 3 is 2.35 bits per heavy atom. The fraction of sp³-hybridized carbons (Fsp3) is 0.700. The maximum absolute atomic E-state index is 14.3. The summed E-state index contributed by atoms with van der Waals surface area (Å²) in [5.74, 6) is 0. The highest BCUT2D eigenvalue weighted by molar-refractivity contribution is 6.69. The molecule has 0 fully saturated rings. The van der Waals surface area contributed by atoms with Crippen LogP contribution in [-0.4, -0.2) is 35.0 Å². The SMILES string of the molecule is CC(O[Si](C)(C)C)(C(F)F)C(F)n1cc([N+](=O)[O-])cn1. The van der Waals surface area contributed by atoms with Crippen LogP contribution >= 0.6 is 0 Å². The highest BCUT2D eigenvalue weighted by Gasteiger charge is 2.49. The number of nitro groups is 1. The Morgan fingerprint density at radius 2 is 2.00 bits per heavy atom. The van der Waals surface area contributed by atoms with E-state index in [2.05, 4.69) is 5.10 Å². The molecule has 0 spiro atoms. The molecule has 0 aromatic carbocycles. The summed E-state index contributed by atoms with van der Waals surface area (Å²) in [6.07, 6.45) is -3.87. The van der Waals surface area contributed by atoms with Crippen molar-refractivity contribution in [2.24, 2.45) is 0 Å². The van der Waals surface area contributed by atoms with Gasteiger partial charge in [-0.15, -0.1) is 0 Å². The highest BCUT2D eigenvalue weighted by atomic mass is 28.4. The minimum atomic E-state index is -3.10. The molecule has 2 atom stereocenters. The maximum Gasteiger partial charge on any atom is 0.307 e. The van der Waals surface area contributed by atoms with Gasteiger partial charge in [-0.3, -0.25) is 10.1 Å². The van der Waals surface area contributed by atoms with Crippen molar-refractivity contribution in [3.63, 3.8) is 0 Å². The van der Waals surface area contributed by atoms with Gasteiger partial charge in [-0.25, -0.2) is 17.9 Å². The molecule has 1 heterocycles. The molecule has 0 aliphatic rings. The van der Waals surface area contributed by atoms with E-state index >= 15 is 0 Å². The van der Waals surface area contributed by atoms with E-state index in [4.69, 9.17) is 4.43 Å². The lowest BCUT2D eigenvalue weighted by Crippen LogP contribution is -2.50. The topological polar surface area (TPSA) is 70.2 Å². The molecule has 0 aliphatic heterocycles. The van der Waals surface area contributed by atoms with Crippen LogP contribution in [0.2, 0.25) is 19.6 Å². The van der Waals surface area contributed by atoms with Gasteiger partial charge in [0.15, 0.2) is 13.9 Å². The highest BCUT2D eigenvalue weighted by Crippen LogP contribution is 2.36. The minimum absolute atomic E-state index is 0.475. The van der Waals surface area contributed by atoms with Gasteiger partial charge in [-0.2, -0.15) is 5.10 Å². The monoisotopic (exact) mass is 311 g/mol. The zero-order chi connectivity index (χ0) is 15.7. The summed E-state index contributed by atoms with van der Waals surface area (Å²) < 4.78 is 46.5. The molecule has 2 unspecified atom stereocenters. The standard InChI is InChI=1S/C10H16F3N3O3Si/c1-10(8(11)12,19-20(2,3)4)9(13)15-6-7(5-14-15)16(17)18/h5-6,8-9H,1-4H3. The van der Waals surface area contributed by atoms with Crippen LogP contribution in [0.1, 0.15) is 13.2 Å². The second-order valence-electron chi connectivity index (χ2n) is 5.47. The van der Waals surface area contributed by atoms with Crippen LogP contribution in [0.25, 0.3) is 0 Å². The molecular weight excluding hydrogens is 295 g/mol. The first kappa shape index (κ1) is 16.6. The molecule has 0 aliphatic carbocycles. The van der Waals surface area contributed by atoms with Crippen LogP contribution in [-0.2, 0) is 4.43 Å². The van der Waals surface area contributed by atoms with Crippen LogP contribution in [0.5, 0.6) is 0 Å². The molecule has 20 heavy (non-hydrogen) atoms. The summed E-state index contributed by atoms with van der Waals surface area (Å²) in [4.78, 5) is 9.72. The van der Waals surface area contributed by atoms with Gasteiger partial charge >= 0.3 is 5.69 Å². The molecule has 0 radical (unpaired) electrons. The average Bonchev–Trinajstić information content (AvgIpc) is 2.74. The Hall–Kier alpha value is -1.42. The van der Waals surface area contributed by atoms with Gasteiger partial charge in [0, 0.05) is 0 Å². The minimum Gasteiger partial charge on any atom is -0.403 e. The molecule has 114 valence electrons. The van der Waals surface area contributed by atoms with E-state index in [1.54, 1.807) is 19.6 Å². The normalized spacial score (nSPS) is 17.0. The lowest BCUT2D eigenvalue weighted by molar-refractivity contribution is -0.385. The molecule has 1 rings (SSSR count). The Bertz CT molecular complexity index is 492. The predicted molar refractivity (Wildman–Crippen MR) is 67.9 cm³/mol. The zero-order valence-corrected chi connectivity index (χ0v) is 12.5. The van der Waals surface area contributed by atoms with Gasteiger partial charge in [0.2, 0.25) is 6.30 Å². The number of rotatable bonds is 6. The Labute approximate surface area is 114 Å². The zero-order valence-electron chi connectivity index (χ0n) is 11.5. The van der Waals surface area contributed by atoms with Crippen molar-refractivity contribution in [2.45, 2.75) is 44.9 Å². The lowest BCUT2D eigenvalue weighted by Gasteiger charge is -2.37. The lowest BCUT2D eigenvalue weighted by atomic mass is 10.1. The second kappa shape index (κ2) is 5.52. The van der Waals surface area contributed by atoms with E-state index in [1.165, 1.54) is 0 Å². The summed E-state index contributed by atoms with van der Waals surface area (Å²) in [6, 6.07) is 0. The molecule has 6 nitrogen and oxygen atoms in total. The summed E-state index contributed by atoms with van der Waals surface area (Å²) in [5.41, 5.74) is -2.89. The average molecular weight is 311 g/mol. The first-order valence-corrected chi connectivity index (χ1v) is 9.19. The smallest absolute Gasteiger partial charge is 0.307 e. The van der Waals surface area contributed by atoms with Crippen molar-refractivity contribution >= 4 is 14.0 Å².